The second kappa shape index (κ2) is 8.42. The van der Waals surface area contributed by atoms with E-state index in [2.05, 4.69) is 22.0 Å². The van der Waals surface area contributed by atoms with Gasteiger partial charge in [0.05, 0.1) is 18.7 Å². The number of esters is 1. The molecule has 1 unspecified atom stereocenters. The van der Waals surface area contributed by atoms with Crippen LogP contribution >= 0.6 is 0 Å². The van der Waals surface area contributed by atoms with E-state index in [1.165, 1.54) is 19.2 Å². The molecular formula is C19H24FN3O3. The van der Waals surface area contributed by atoms with Gasteiger partial charge in [0.25, 0.3) is 0 Å². The summed E-state index contributed by atoms with van der Waals surface area (Å²) in [6.07, 6.45) is 0.448. The summed E-state index contributed by atoms with van der Waals surface area (Å²) >= 11 is 0. The van der Waals surface area contributed by atoms with Gasteiger partial charge in [0, 0.05) is 50.8 Å². The Hall–Kier alpha value is -2.25. The number of hydrogen-bond donors (Lipinski definition) is 0. The Morgan fingerprint density at radius 1 is 1.27 bits per heavy atom. The van der Waals surface area contributed by atoms with Gasteiger partial charge in [-0.05, 0) is 31.3 Å². The molecule has 140 valence electrons. The molecule has 2 heterocycles. The highest BCUT2D eigenvalue weighted by atomic mass is 19.1. The first-order valence-corrected chi connectivity index (χ1v) is 8.75. The normalized spacial score (nSPS) is 17.2. The van der Waals surface area contributed by atoms with Crippen LogP contribution in [0.4, 0.5) is 4.39 Å². The van der Waals surface area contributed by atoms with Gasteiger partial charge >= 0.3 is 5.97 Å². The van der Waals surface area contributed by atoms with Crippen LogP contribution in [0.1, 0.15) is 5.69 Å². The average molecular weight is 361 g/mol. The fourth-order valence-corrected chi connectivity index (χ4v) is 3.14. The highest BCUT2D eigenvalue weighted by Gasteiger charge is 2.26. The number of ether oxygens (including phenoxy) is 1. The van der Waals surface area contributed by atoms with Crippen LogP contribution in [0.2, 0.25) is 0 Å². The SMILES string of the molecule is COC(=O)C(Cc1cc(-c2ccc(F)cc2)on1)CN1CCN(C)CC1. The monoisotopic (exact) mass is 361 g/mol. The maximum Gasteiger partial charge on any atom is 0.310 e. The van der Waals surface area contributed by atoms with Gasteiger partial charge in [0.1, 0.15) is 5.82 Å². The van der Waals surface area contributed by atoms with Crippen molar-refractivity contribution in [3.63, 3.8) is 0 Å². The zero-order chi connectivity index (χ0) is 18.5. The number of rotatable bonds is 6. The molecule has 1 aromatic heterocycles. The lowest BCUT2D eigenvalue weighted by atomic mass is 10.0. The van der Waals surface area contributed by atoms with E-state index in [9.17, 15) is 9.18 Å². The Morgan fingerprint density at radius 3 is 2.62 bits per heavy atom. The highest BCUT2D eigenvalue weighted by Crippen LogP contribution is 2.22. The van der Waals surface area contributed by atoms with Crippen molar-refractivity contribution in [2.75, 3.05) is 46.9 Å². The van der Waals surface area contributed by atoms with Crippen molar-refractivity contribution >= 4 is 5.97 Å². The summed E-state index contributed by atoms with van der Waals surface area (Å²) < 4.78 is 23.4. The second-order valence-corrected chi connectivity index (χ2v) is 6.72. The Kier molecular flexibility index (Phi) is 6.00. The molecule has 2 aromatic rings. The van der Waals surface area contributed by atoms with Crippen LogP contribution in [0.5, 0.6) is 0 Å². The number of carbonyl (C=O) groups excluding carboxylic acids is 1. The third-order valence-electron chi connectivity index (χ3n) is 4.75. The lowest BCUT2D eigenvalue weighted by Gasteiger charge is -2.33. The summed E-state index contributed by atoms with van der Waals surface area (Å²) in [5.74, 6) is -0.278. The number of piperazine rings is 1. The highest BCUT2D eigenvalue weighted by molar-refractivity contribution is 5.73. The molecule has 26 heavy (non-hydrogen) atoms. The zero-order valence-corrected chi connectivity index (χ0v) is 15.2. The molecular weight excluding hydrogens is 337 g/mol. The zero-order valence-electron chi connectivity index (χ0n) is 15.2. The number of nitrogens with zero attached hydrogens (tertiary/aromatic N) is 3. The van der Waals surface area contributed by atoms with E-state index >= 15 is 0 Å². The van der Waals surface area contributed by atoms with Gasteiger partial charge in [-0.3, -0.25) is 9.69 Å². The number of likely N-dealkylation sites (N-methyl/N-ethyl adjacent to an activating group) is 1. The first-order valence-electron chi connectivity index (χ1n) is 8.75. The van der Waals surface area contributed by atoms with E-state index in [-0.39, 0.29) is 17.7 Å². The third-order valence-corrected chi connectivity index (χ3v) is 4.75. The number of methoxy groups -OCH3 is 1. The summed E-state index contributed by atoms with van der Waals surface area (Å²) in [5, 5.41) is 4.07. The Bertz CT molecular complexity index is 724. The van der Waals surface area contributed by atoms with E-state index < -0.39 is 0 Å². The molecule has 0 aliphatic carbocycles. The number of aromatic nitrogens is 1. The van der Waals surface area contributed by atoms with Gasteiger partial charge in [-0.1, -0.05) is 5.16 Å². The first kappa shape index (κ1) is 18.5. The third kappa shape index (κ3) is 4.68. The molecule has 0 N–H and O–H groups in total. The molecule has 1 saturated heterocycles. The molecule has 0 bridgehead atoms. The predicted octanol–water partition coefficient (Wildman–Crippen LogP) is 2.06. The van der Waals surface area contributed by atoms with Gasteiger partial charge in [-0.25, -0.2) is 4.39 Å². The number of benzene rings is 1. The molecule has 0 radical (unpaired) electrons. The van der Waals surface area contributed by atoms with Crippen LogP contribution in [-0.2, 0) is 16.0 Å². The van der Waals surface area contributed by atoms with Crippen LogP contribution in [0.25, 0.3) is 11.3 Å². The molecule has 1 aliphatic rings. The summed E-state index contributed by atoms with van der Waals surface area (Å²) in [7, 11) is 3.51. The summed E-state index contributed by atoms with van der Waals surface area (Å²) in [4.78, 5) is 16.8. The number of halogens is 1. The van der Waals surface area contributed by atoms with Gasteiger partial charge < -0.3 is 14.2 Å². The lowest BCUT2D eigenvalue weighted by Crippen LogP contribution is -2.47. The van der Waals surface area contributed by atoms with Crippen LogP contribution in [-0.4, -0.2) is 67.8 Å². The molecule has 1 atom stereocenters. The molecule has 6 nitrogen and oxygen atoms in total. The quantitative estimate of drug-likeness (QED) is 0.734. The molecule has 1 aliphatic heterocycles. The summed E-state index contributed by atoms with van der Waals surface area (Å²) in [6.45, 7) is 4.49. The van der Waals surface area contributed by atoms with Crippen molar-refractivity contribution in [2.45, 2.75) is 6.42 Å². The van der Waals surface area contributed by atoms with Crippen molar-refractivity contribution in [3.8, 4) is 11.3 Å². The van der Waals surface area contributed by atoms with E-state index in [1.807, 2.05) is 0 Å². The van der Waals surface area contributed by atoms with Gasteiger partial charge in [-0.15, -0.1) is 0 Å². The van der Waals surface area contributed by atoms with Crippen molar-refractivity contribution in [3.05, 3.63) is 41.8 Å². The minimum atomic E-state index is -0.300. The topological polar surface area (TPSA) is 58.8 Å². The summed E-state index contributed by atoms with van der Waals surface area (Å²) in [6, 6.07) is 7.83. The van der Waals surface area contributed by atoms with Crippen molar-refractivity contribution in [1.82, 2.24) is 15.0 Å². The average Bonchev–Trinajstić information content (AvgIpc) is 3.11. The fraction of sp³-hybridized carbons (Fsp3) is 0.474. The van der Waals surface area contributed by atoms with E-state index in [0.29, 0.717) is 24.4 Å². The maximum absolute atomic E-state index is 13.0. The van der Waals surface area contributed by atoms with Crippen molar-refractivity contribution < 1.29 is 18.4 Å². The standard InChI is InChI=1S/C19H24FN3O3/c1-22-7-9-23(10-8-22)13-15(19(24)25-2)11-17-12-18(26-21-17)14-3-5-16(20)6-4-14/h3-6,12,15H,7-11,13H2,1-2H3. The molecule has 0 saturated carbocycles. The smallest absolute Gasteiger partial charge is 0.310 e. The fourth-order valence-electron chi connectivity index (χ4n) is 3.14. The first-order chi connectivity index (χ1) is 12.5. The second-order valence-electron chi connectivity index (χ2n) is 6.72. The predicted molar refractivity (Wildman–Crippen MR) is 95.0 cm³/mol. The lowest BCUT2D eigenvalue weighted by molar-refractivity contribution is -0.146. The van der Waals surface area contributed by atoms with Crippen LogP contribution in [0, 0.1) is 11.7 Å². The van der Waals surface area contributed by atoms with Crippen LogP contribution in [0.15, 0.2) is 34.9 Å². The largest absolute Gasteiger partial charge is 0.469 e. The van der Waals surface area contributed by atoms with Crippen LogP contribution in [0.3, 0.4) is 0 Å². The minimum Gasteiger partial charge on any atom is -0.469 e. The summed E-state index contributed by atoms with van der Waals surface area (Å²) in [5.41, 5.74) is 1.44. The van der Waals surface area contributed by atoms with Gasteiger partial charge in [-0.2, -0.15) is 0 Å². The number of hydrogen-bond acceptors (Lipinski definition) is 6. The molecule has 0 spiro atoms. The molecule has 7 heteroatoms. The Morgan fingerprint density at radius 2 is 1.96 bits per heavy atom. The van der Waals surface area contributed by atoms with Crippen molar-refractivity contribution in [1.29, 1.82) is 0 Å². The van der Waals surface area contributed by atoms with Crippen LogP contribution < -0.4 is 0 Å². The van der Waals surface area contributed by atoms with Crippen molar-refractivity contribution in [2.24, 2.45) is 5.92 Å². The maximum atomic E-state index is 13.0. The van der Waals surface area contributed by atoms with E-state index in [1.54, 1.807) is 18.2 Å². The molecule has 1 aromatic carbocycles. The number of carbonyl (C=O) groups is 1. The Balaban J connectivity index is 1.67. The van der Waals surface area contributed by atoms with E-state index in [0.717, 1.165) is 31.7 Å². The Labute approximate surface area is 152 Å². The van der Waals surface area contributed by atoms with Gasteiger partial charge in [0.2, 0.25) is 0 Å². The molecule has 1 fully saturated rings. The molecule has 3 rings (SSSR count). The minimum absolute atomic E-state index is 0.240. The van der Waals surface area contributed by atoms with Gasteiger partial charge in [0.15, 0.2) is 5.76 Å². The van der Waals surface area contributed by atoms with E-state index in [4.69, 9.17) is 9.26 Å². The molecule has 0 amide bonds.